The van der Waals surface area contributed by atoms with E-state index in [4.69, 9.17) is 9.72 Å². The van der Waals surface area contributed by atoms with Crippen molar-refractivity contribution >= 4 is 32.6 Å². The molecule has 0 radical (unpaired) electrons. The molecule has 1 N–H and O–H groups in total. The van der Waals surface area contributed by atoms with Crippen LogP contribution in [0.5, 0.6) is 0 Å². The smallest absolute Gasteiger partial charge is 0.250 e. The Kier molecular flexibility index (Phi) is 3.82. The maximum absolute atomic E-state index is 11.7. The Morgan fingerprint density at radius 3 is 3.05 bits per heavy atom. The standard InChI is InChI=1S/C15H19N3O2S/c1-9-6-10(2)13-12(7-9)21-15(17-13)18-4-5-20-11(8-18)14(19)16-3/h6-7,11H,4-5,8H2,1-3H3,(H,16,19). The Morgan fingerprint density at radius 1 is 1.48 bits per heavy atom. The van der Waals surface area contributed by atoms with Crippen LogP contribution in [0.3, 0.4) is 0 Å². The second kappa shape index (κ2) is 5.61. The van der Waals surface area contributed by atoms with Gasteiger partial charge in [-0.2, -0.15) is 0 Å². The van der Waals surface area contributed by atoms with Crippen molar-refractivity contribution in [2.24, 2.45) is 0 Å². The molecule has 1 atom stereocenters. The van der Waals surface area contributed by atoms with Crippen LogP contribution in [0.25, 0.3) is 10.2 Å². The van der Waals surface area contributed by atoms with E-state index in [0.29, 0.717) is 13.2 Å². The quantitative estimate of drug-likeness (QED) is 0.920. The molecule has 112 valence electrons. The minimum atomic E-state index is -0.418. The molecule has 3 rings (SSSR count). The Balaban J connectivity index is 1.89. The first-order valence-electron chi connectivity index (χ1n) is 7.04. The summed E-state index contributed by atoms with van der Waals surface area (Å²) in [5.41, 5.74) is 3.51. The summed E-state index contributed by atoms with van der Waals surface area (Å²) in [5.74, 6) is -0.0761. The zero-order valence-corrected chi connectivity index (χ0v) is 13.3. The van der Waals surface area contributed by atoms with E-state index in [1.165, 1.54) is 15.8 Å². The molecule has 0 spiro atoms. The Bertz CT molecular complexity index is 683. The van der Waals surface area contributed by atoms with Crippen LogP contribution in [-0.2, 0) is 9.53 Å². The average Bonchev–Trinajstić information content (AvgIpc) is 2.91. The second-order valence-electron chi connectivity index (χ2n) is 5.34. The van der Waals surface area contributed by atoms with Gasteiger partial charge in [0, 0.05) is 13.6 Å². The summed E-state index contributed by atoms with van der Waals surface area (Å²) in [7, 11) is 1.63. The number of ether oxygens (including phenoxy) is 1. The van der Waals surface area contributed by atoms with Crippen molar-refractivity contribution in [1.29, 1.82) is 0 Å². The highest BCUT2D eigenvalue weighted by Crippen LogP contribution is 2.32. The van der Waals surface area contributed by atoms with E-state index >= 15 is 0 Å². The molecular weight excluding hydrogens is 286 g/mol. The van der Waals surface area contributed by atoms with Gasteiger partial charge in [-0.3, -0.25) is 4.79 Å². The molecule has 0 aliphatic carbocycles. The number of fused-ring (bicyclic) bond motifs is 1. The third kappa shape index (κ3) is 2.73. The zero-order valence-electron chi connectivity index (χ0n) is 12.5. The number of rotatable bonds is 2. The molecule has 1 fully saturated rings. The lowest BCUT2D eigenvalue weighted by Crippen LogP contribution is -2.49. The number of nitrogens with zero attached hydrogens (tertiary/aromatic N) is 2. The van der Waals surface area contributed by atoms with Crippen LogP contribution in [-0.4, -0.2) is 43.7 Å². The summed E-state index contributed by atoms with van der Waals surface area (Å²) in [6.07, 6.45) is -0.418. The molecule has 6 heteroatoms. The van der Waals surface area contributed by atoms with Gasteiger partial charge < -0.3 is 15.0 Å². The van der Waals surface area contributed by atoms with E-state index in [0.717, 1.165) is 17.2 Å². The summed E-state index contributed by atoms with van der Waals surface area (Å²) in [5, 5.41) is 3.61. The third-order valence-electron chi connectivity index (χ3n) is 3.69. The fraction of sp³-hybridized carbons (Fsp3) is 0.467. The van der Waals surface area contributed by atoms with Gasteiger partial charge in [0.05, 0.1) is 23.4 Å². The van der Waals surface area contributed by atoms with Crippen LogP contribution in [0.4, 0.5) is 5.13 Å². The van der Waals surface area contributed by atoms with Crippen LogP contribution in [0.1, 0.15) is 11.1 Å². The van der Waals surface area contributed by atoms with Gasteiger partial charge in [0.25, 0.3) is 5.91 Å². The monoisotopic (exact) mass is 305 g/mol. The predicted octanol–water partition coefficient (Wildman–Crippen LogP) is 1.86. The Labute approximate surface area is 127 Å². The highest BCUT2D eigenvalue weighted by molar-refractivity contribution is 7.22. The number of morpholine rings is 1. The first-order valence-corrected chi connectivity index (χ1v) is 7.86. The number of hydrogen-bond donors (Lipinski definition) is 1. The van der Waals surface area contributed by atoms with E-state index in [9.17, 15) is 4.79 Å². The summed E-state index contributed by atoms with van der Waals surface area (Å²) in [6.45, 7) is 6.06. The molecule has 1 aromatic heterocycles. The minimum absolute atomic E-state index is 0.0761. The summed E-state index contributed by atoms with van der Waals surface area (Å²) >= 11 is 1.68. The van der Waals surface area contributed by atoms with Crippen molar-refractivity contribution in [2.75, 3.05) is 31.6 Å². The van der Waals surface area contributed by atoms with Gasteiger partial charge >= 0.3 is 0 Å². The Hall–Kier alpha value is -1.66. The van der Waals surface area contributed by atoms with Crippen LogP contribution < -0.4 is 10.2 Å². The average molecular weight is 305 g/mol. The molecule has 0 bridgehead atoms. The van der Waals surface area contributed by atoms with Crippen molar-refractivity contribution in [3.63, 3.8) is 0 Å². The highest BCUT2D eigenvalue weighted by atomic mass is 32.1. The minimum Gasteiger partial charge on any atom is -0.365 e. The second-order valence-corrected chi connectivity index (χ2v) is 6.35. The van der Waals surface area contributed by atoms with E-state index in [2.05, 4.69) is 36.2 Å². The van der Waals surface area contributed by atoms with Crippen LogP contribution >= 0.6 is 11.3 Å². The molecule has 2 heterocycles. The first-order chi connectivity index (χ1) is 10.1. The lowest BCUT2D eigenvalue weighted by Gasteiger charge is -2.31. The van der Waals surface area contributed by atoms with E-state index in [1.807, 2.05) is 0 Å². The lowest BCUT2D eigenvalue weighted by molar-refractivity contribution is -0.132. The zero-order chi connectivity index (χ0) is 15.0. The molecular formula is C15H19N3O2S. The van der Waals surface area contributed by atoms with Gasteiger partial charge in [0.2, 0.25) is 0 Å². The molecule has 1 aliphatic heterocycles. The number of hydrogen-bond acceptors (Lipinski definition) is 5. The third-order valence-corrected chi connectivity index (χ3v) is 4.76. The van der Waals surface area contributed by atoms with Crippen molar-refractivity contribution < 1.29 is 9.53 Å². The van der Waals surface area contributed by atoms with Gasteiger partial charge in [0.15, 0.2) is 11.2 Å². The van der Waals surface area contributed by atoms with Crippen molar-refractivity contribution in [2.45, 2.75) is 20.0 Å². The maximum Gasteiger partial charge on any atom is 0.250 e. The number of thiazole rings is 1. The fourth-order valence-electron chi connectivity index (χ4n) is 2.64. The summed E-state index contributed by atoms with van der Waals surface area (Å²) < 4.78 is 6.72. The van der Waals surface area contributed by atoms with Gasteiger partial charge in [0.1, 0.15) is 0 Å². The van der Waals surface area contributed by atoms with Crippen LogP contribution in [0, 0.1) is 13.8 Å². The summed E-state index contributed by atoms with van der Waals surface area (Å²) in [4.78, 5) is 18.6. The lowest BCUT2D eigenvalue weighted by atomic mass is 10.1. The molecule has 1 saturated heterocycles. The molecule has 1 unspecified atom stereocenters. The molecule has 5 nitrogen and oxygen atoms in total. The van der Waals surface area contributed by atoms with E-state index in [1.54, 1.807) is 18.4 Å². The molecule has 21 heavy (non-hydrogen) atoms. The maximum atomic E-state index is 11.7. The first kappa shape index (κ1) is 14.3. The highest BCUT2D eigenvalue weighted by Gasteiger charge is 2.27. The number of nitrogens with one attached hydrogen (secondary N) is 1. The predicted molar refractivity (Wildman–Crippen MR) is 85.1 cm³/mol. The number of aromatic nitrogens is 1. The van der Waals surface area contributed by atoms with Crippen molar-refractivity contribution in [3.8, 4) is 0 Å². The van der Waals surface area contributed by atoms with E-state index in [-0.39, 0.29) is 5.91 Å². The van der Waals surface area contributed by atoms with Gasteiger partial charge in [-0.15, -0.1) is 0 Å². The fourth-order valence-corrected chi connectivity index (χ4v) is 3.81. The topological polar surface area (TPSA) is 54.5 Å². The molecule has 1 aliphatic rings. The van der Waals surface area contributed by atoms with Gasteiger partial charge in [-0.05, 0) is 31.0 Å². The number of anilines is 1. The van der Waals surface area contributed by atoms with Crippen molar-refractivity contribution in [1.82, 2.24) is 10.3 Å². The largest absolute Gasteiger partial charge is 0.365 e. The molecule has 1 amide bonds. The number of aryl methyl sites for hydroxylation is 2. The normalized spacial score (nSPS) is 19.0. The SMILES string of the molecule is CNC(=O)C1CN(c2nc3c(C)cc(C)cc3s2)CCO1. The number of likely N-dealkylation sites (N-methyl/N-ethyl adjacent to an activating group) is 1. The van der Waals surface area contributed by atoms with Crippen LogP contribution in [0.15, 0.2) is 12.1 Å². The number of carbonyl (C=O) groups is 1. The molecule has 2 aromatic rings. The number of amides is 1. The summed E-state index contributed by atoms with van der Waals surface area (Å²) in [6, 6.07) is 4.32. The number of carbonyl (C=O) groups excluding carboxylic acids is 1. The molecule has 1 aromatic carbocycles. The van der Waals surface area contributed by atoms with E-state index < -0.39 is 6.10 Å². The van der Waals surface area contributed by atoms with Crippen molar-refractivity contribution in [3.05, 3.63) is 23.3 Å². The number of benzene rings is 1. The molecule has 0 saturated carbocycles. The van der Waals surface area contributed by atoms with Gasteiger partial charge in [-0.1, -0.05) is 17.4 Å². The Morgan fingerprint density at radius 2 is 2.29 bits per heavy atom. The van der Waals surface area contributed by atoms with Crippen LogP contribution in [0.2, 0.25) is 0 Å². The van der Waals surface area contributed by atoms with Gasteiger partial charge in [-0.25, -0.2) is 4.98 Å².